The minimum Gasteiger partial charge on any atom is -0.491 e. The van der Waals surface area contributed by atoms with Crippen LogP contribution in [0.1, 0.15) is 32.8 Å². The van der Waals surface area contributed by atoms with Crippen LogP contribution in [0.5, 0.6) is 5.75 Å². The van der Waals surface area contributed by atoms with Crippen molar-refractivity contribution in [1.29, 1.82) is 0 Å². The Hall–Kier alpha value is -1.55. The van der Waals surface area contributed by atoms with Gasteiger partial charge in [0.15, 0.2) is 0 Å². The summed E-state index contributed by atoms with van der Waals surface area (Å²) in [5.41, 5.74) is 1.19. The van der Waals surface area contributed by atoms with Gasteiger partial charge >= 0.3 is 0 Å². The van der Waals surface area contributed by atoms with Gasteiger partial charge in [0, 0.05) is 26.1 Å². The van der Waals surface area contributed by atoms with Crippen molar-refractivity contribution in [3.05, 3.63) is 29.8 Å². The lowest BCUT2D eigenvalue weighted by atomic mass is 10.2. The van der Waals surface area contributed by atoms with E-state index in [-0.39, 0.29) is 12.0 Å². The highest BCUT2D eigenvalue weighted by Gasteiger charge is 2.00. The zero-order valence-corrected chi connectivity index (χ0v) is 12.0. The van der Waals surface area contributed by atoms with E-state index in [2.05, 4.69) is 10.6 Å². The Morgan fingerprint density at radius 3 is 2.53 bits per heavy atom. The maximum Gasteiger partial charge on any atom is 0.221 e. The fourth-order valence-electron chi connectivity index (χ4n) is 1.68. The fourth-order valence-corrected chi connectivity index (χ4v) is 1.68. The normalized spacial score (nSPS) is 10.5. The van der Waals surface area contributed by atoms with Gasteiger partial charge in [0.05, 0.1) is 6.10 Å². The number of hydrogen-bond donors (Lipinski definition) is 2. The third kappa shape index (κ3) is 6.82. The van der Waals surface area contributed by atoms with Gasteiger partial charge in [0.25, 0.3) is 0 Å². The van der Waals surface area contributed by atoms with Crippen molar-refractivity contribution in [2.45, 2.75) is 39.8 Å². The third-order valence-electron chi connectivity index (χ3n) is 2.53. The van der Waals surface area contributed by atoms with Gasteiger partial charge in [-0.25, -0.2) is 0 Å². The summed E-state index contributed by atoms with van der Waals surface area (Å²) in [4.78, 5) is 11.2. The van der Waals surface area contributed by atoms with Gasteiger partial charge < -0.3 is 15.4 Å². The molecule has 106 valence electrons. The second-order valence-electron chi connectivity index (χ2n) is 4.69. The maximum absolute atomic E-state index is 11.2. The minimum absolute atomic E-state index is 0.0932. The molecule has 0 unspecified atom stereocenters. The van der Waals surface area contributed by atoms with E-state index in [1.807, 2.05) is 45.0 Å². The van der Waals surface area contributed by atoms with Crippen molar-refractivity contribution < 1.29 is 9.53 Å². The van der Waals surface area contributed by atoms with Crippen LogP contribution < -0.4 is 15.4 Å². The predicted octanol–water partition coefficient (Wildman–Crippen LogP) is 2.09. The Kier molecular flexibility index (Phi) is 6.97. The molecule has 1 rings (SSSR count). The summed E-state index contributed by atoms with van der Waals surface area (Å²) in [6.07, 6.45) is 0.712. The molecule has 0 aromatic heterocycles. The number of rotatable bonds is 8. The van der Waals surface area contributed by atoms with E-state index >= 15 is 0 Å². The van der Waals surface area contributed by atoms with Gasteiger partial charge in [-0.2, -0.15) is 0 Å². The molecule has 0 bridgehead atoms. The summed E-state index contributed by atoms with van der Waals surface area (Å²) in [5, 5.41) is 6.02. The molecule has 1 amide bonds. The van der Waals surface area contributed by atoms with E-state index in [0.29, 0.717) is 19.5 Å². The molecule has 0 heterocycles. The van der Waals surface area contributed by atoms with E-state index in [4.69, 9.17) is 4.74 Å². The van der Waals surface area contributed by atoms with Crippen LogP contribution in [0.3, 0.4) is 0 Å². The van der Waals surface area contributed by atoms with Crippen LogP contribution in [-0.4, -0.2) is 25.1 Å². The van der Waals surface area contributed by atoms with Gasteiger partial charge in [-0.1, -0.05) is 12.1 Å². The van der Waals surface area contributed by atoms with Gasteiger partial charge in [-0.05, 0) is 38.5 Å². The quantitative estimate of drug-likeness (QED) is 0.707. The Labute approximate surface area is 115 Å². The summed E-state index contributed by atoms with van der Waals surface area (Å²) < 4.78 is 5.58. The molecule has 0 aliphatic heterocycles. The van der Waals surface area contributed by atoms with Crippen molar-refractivity contribution in [3.8, 4) is 5.75 Å². The standard InChI is InChI=1S/C15H24N2O2/c1-4-17-15(18)9-10-16-11-13-5-7-14(8-6-13)19-12(2)3/h5-8,12,16H,4,9-11H2,1-3H3,(H,17,18). The zero-order chi connectivity index (χ0) is 14.1. The van der Waals surface area contributed by atoms with Gasteiger partial charge in [0.2, 0.25) is 5.91 Å². The summed E-state index contributed by atoms with van der Waals surface area (Å²) in [6.45, 7) is 8.09. The molecule has 0 saturated carbocycles. The second-order valence-corrected chi connectivity index (χ2v) is 4.69. The first kappa shape index (κ1) is 15.5. The number of nitrogens with one attached hydrogen (secondary N) is 2. The SMILES string of the molecule is CCNC(=O)CCNCc1ccc(OC(C)C)cc1. The van der Waals surface area contributed by atoms with Crippen LogP contribution in [0.25, 0.3) is 0 Å². The molecule has 0 spiro atoms. The van der Waals surface area contributed by atoms with E-state index in [9.17, 15) is 4.79 Å². The first-order chi connectivity index (χ1) is 9.11. The van der Waals surface area contributed by atoms with E-state index in [0.717, 1.165) is 12.3 Å². The van der Waals surface area contributed by atoms with Gasteiger partial charge in [0.1, 0.15) is 5.75 Å². The number of benzene rings is 1. The topological polar surface area (TPSA) is 50.4 Å². The molecule has 4 nitrogen and oxygen atoms in total. The molecule has 4 heteroatoms. The smallest absolute Gasteiger partial charge is 0.221 e. The van der Waals surface area contributed by atoms with Crippen molar-refractivity contribution in [2.75, 3.05) is 13.1 Å². The monoisotopic (exact) mass is 264 g/mol. The molecule has 0 radical (unpaired) electrons. The van der Waals surface area contributed by atoms with E-state index in [1.54, 1.807) is 0 Å². The van der Waals surface area contributed by atoms with Crippen molar-refractivity contribution >= 4 is 5.91 Å². The number of amides is 1. The van der Waals surface area contributed by atoms with Crippen LogP contribution in [0.15, 0.2) is 24.3 Å². The van der Waals surface area contributed by atoms with Gasteiger partial charge in [-0.3, -0.25) is 4.79 Å². The summed E-state index contributed by atoms with van der Waals surface area (Å²) in [5.74, 6) is 0.983. The predicted molar refractivity (Wildman–Crippen MR) is 77.2 cm³/mol. The molecule has 0 atom stereocenters. The van der Waals surface area contributed by atoms with E-state index in [1.165, 1.54) is 5.56 Å². The summed E-state index contributed by atoms with van der Waals surface area (Å²) >= 11 is 0. The van der Waals surface area contributed by atoms with Gasteiger partial charge in [-0.15, -0.1) is 0 Å². The lowest BCUT2D eigenvalue weighted by Gasteiger charge is -2.10. The number of hydrogen-bond acceptors (Lipinski definition) is 3. The highest BCUT2D eigenvalue weighted by atomic mass is 16.5. The summed E-state index contributed by atoms with van der Waals surface area (Å²) in [7, 11) is 0. The Morgan fingerprint density at radius 2 is 1.95 bits per heavy atom. The van der Waals surface area contributed by atoms with Crippen LogP contribution in [-0.2, 0) is 11.3 Å². The Balaban J connectivity index is 2.24. The largest absolute Gasteiger partial charge is 0.491 e. The Bertz CT molecular complexity index is 374. The number of ether oxygens (including phenoxy) is 1. The lowest BCUT2D eigenvalue weighted by molar-refractivity contribution is -0.120. The number of carbonyl (C=O) groups is 1. The molecule has 1 aromatic carbocycles. The molecule has 0 saturated heterocycles. The first-order valence-corrected chi connectivity index (χ1v) is 6.84. The molecule has 2 N–H and O–H groups in total. The average molecular weight is 264 g/mol. The van der Waals surface area contributed by atoms with E-state index < -0.39 is 0 Å². The number of carbonyl (C=O) groups excluding carboxylic acids is 1. The van der Waals surface area contributed by atoms with Crippen molar-refractivity contribution in [1.82, 2.24) is 10.6 Å². The van der Waals surface area contributed by atoms with Crippen LogP contribution in [0.2, 0.25) is 0 Å². The molecule has 0 aliphatic rings. The van der Waals surface area contributed by atoms with Crippen LogP contribution in [0.4, 0.5) is 0 Å². The third-order valence-corrected chi connectivity index (χ3v) is 2.53. The zero-order valence-electron chi connectivity index (χ0n) is 12.0. The van der Waals surface area contributed by atoms with Crippen LogP contribution in [0, 0.1) is 0 Å². The molecule has 0 fully saturated rings. The average Bonchev–Trinajstić information content (AvgIpc) is 2.36. The second kappa shape index (κ2) is 8.53. The molecular formula is C15H24N2O2. The molecule has 19 heavy (non-hydrogen) atoms. The molecule has 0 aliphatic carbocycles. The van der Waals surface area contributed by atoms with Crippen molar-refractivity contribution in [2.24, 2.45) is 0 Å². The summed E-state index contributed by atoms with van der Waals surface area (Å²) in [6, 6.07) is 8.02. The highest BCUT2D eigenvalue weighted by Crippen LogP contribution is 2.13. The minimum atomic E-state index is 0.0932. The lowest BCUT2D eigenvalue weighted by Crippen LogP contribution is -2.27. The first-order valence-electron chi connectivity index (χ1n) is 6.84. The fraction of sp³-hybridized carbons (Fsp3) is 0.533. The van der Waals surface area contributed by atoms with Crippen molar-refractivity contribution in [3.63, 3.8) is 0 Å². The Morgan fingerprint density at radius 1 is 1.26 bits per heavy atom. The molecule has 1 aromatic rings. The maximum atomic E-state index is 11.2. The van der Waals surface area contributed by atoms with Crippen LogP contribution >= 0.6 is 0 Å². The molecular weight excluding hydrogens is 240 g/mol. The highest BCUT2D eigenvalue weighted by molar-refractivity contribution is 5.75.